The maximum absolute atomic E-state index is 13.0. The number of nitrogens with zero attached hydrogens (tertiary/aromatic N) is 4. The molecule has 4 aromatic rings. The van der Waals surface area contributed by atoms with Gasteiger partial charge in [-0.15, -0.1) is 0 Å². The molecule has 0 aliphatic carbocycles. The Hall–Kier alpha value is -3.76. The van der Waals surface area contributed by atoms with Gasteiger partial charge in [-0.25, -0.2) is 4.98 Å². The fourth-order valence-electron chi connectivity index (χ4n) is 3.51. The molecule has 1 heterocycles. The van der Waals surface area contributed by atoms with Crippen LogP contribution in [0.25, 0.3) is 10.9 Å². The highest BCUT2D eigenvalue weighted by molar-refractivity contribution is 9.10. The summed E-state index contributed by atoms with van der Waals surface area (Å²) in [6.45, 7) is 3.68. The second-order valence-electron chi connectivity index (χ2n) is 7.62. The van der Waals surface area contributed by atoms with Crippen LogP contribution in [0.5, 0.6) is 11.5 Å². The van der Waals surface area contributed by atoms with Gasteiger partial charge in [0.15, 0.2) is 5.75 Å². The van der Waals surface area contributed by atoms with Crippen molar-refractivity contribution in [3.63, 3.8) is 0 Å². The summed E-state index contributed by atoms with van der Waals surface area (Å²) in [5.74, 6) is 0.514. The molecule has 0 saturated carbocycles. The van der Waals surface area contributed by atoms with Gasteiger partial charge in [-0.3, -0.25) is 14.9 Å². The topological polar surface area (TPSA) is 109 Å². The van der Waals surface area contributed by atoms with E-state index in [-0.39, 0.29) is 36.0 Å². The average Bonchev–Trinajstić information content (AvgIpc) is 2.84. The maximum Gasteiger partial charge on any atom is 0.315 e. The highest BCUT2D eigenvalue weighted by atomic mass is 79.9. The number of aromatic nitrogens is 2. The average molecular weight is 572 g/mol. The van der Waals surface area contributed by atoms with Gasteiger partial charge in [-0.2, -0.15) is 9.78 Å². The summed E-state index contributed by atoms with van der Waals surface area (Å²) in [7, 11) is 0. The lowest BCUT2D eigenvalue weighted by atomic mass is 10.1. The van der Waals surface area contributed by atoms with Crippen LogP contribution in [0.1, 0.15) is 23.9 Å². The summed E-state index contributed by atoms with van der Waals surface area (Å²) in [6.07, 6.45) is 1.34. The molecular weight excluding hydrogens is 552 g/mol. The smallest absolute Gasteiger partial charge is 0.315 e. The van der Waals surface area contributed by atoms with E-state index in [0.29, 0.717) is 32.9 Å². The molecule has 0 aliphatic heterocycles. The molecule has 1 aromatic heterocycles. The largest absolute Gasteiger partial charge is 0.490 e. The van der Waals surface area contributed by atoms with Gasteiger partial charge in [-0.1, -0.05) is 45.7 Å². The number of ether oxygens (including phenoxy) is 2. The predicted octanol–water partition coefficient (Wildman–Crippen LogP) is 5.89. The van der Waals surface area contributed by atoms with Crippen LogP contribution in [0, 0.1) is 17.0 Å². The molecule has 0 aliphatic rings. The summed E-state index contributed by atoms with van der Waals surface area (Å²) in [4.78, 5) is 28.8. The van der Waals surface area contributed by atoms with E-state index in [1.54, 1.807) is 62.4 Å². The Balaban J connectivity index is 1.74. The van der Waals surface area contributed by atoms with E-state index in [9.17, 15) is 14.9 Å². The molecular formula is C25H20BrClN4O5. The molecule has 0 radical (unpaired) electrons. The number of aryl methyl sites for hydroxylation is 1. The van der Waals surface area contributed by atoms with Crippen LogP contribution < -0.4 is 15.0 Å². The van der Waals surface area contributed by atoms with E-state index in [4.69, 9.17) is 21.1 Å². The second-order valence-corrected chi connectivity index (χ2v) is 8.94. The first-order valence-electron chi connectivity index (χ1n) is 10.8. The lowest BCUT2D eigenvalue weighted by Gasteiger charge is -2.14. The van der Waals surface area contributed by atoms with Crippen LogP contribution in [-0.4, -0.2) is 27.4 Å². The van der Waals surface area contributed by atoms with Gasteiger partial charge in [0.25, 0.3) is 5.56 Å². The molecule has 0 bridgehead atoms. The second kappa shape index (κ2) is 10.9. The van der Waals surface area contributed by atoms with Gasteiger partial charge in [0.2, 0.25) is 5.75 Å². The van der Waals surface area contributed by atoms with Gasteiger partial charge in [-0.05, 0) is 44.2 Å². The van der Waals surface area contributed by atoms with Crippen molar-refractivity contribution in [2.75, 3.05) is 6.61 Å². The summed E-state index contributed by atoms with van der Waals surface area (Å²) in [6, 6.07) is 15.1. The molecule has 0 N–H and O–H groups in total. The van der Waals surface area contributed by atoms with Crippen molar-refractivity contribution in [3.8, 4) is 11.5 Å². The molecule has 0 unspecified atom stereocenters. The number of hydrogen-bond acceptors (Lipinski definition) is 7. The third kappa shape index (κ3) is 5.39. The van der Waals surface area contributed by atoms with E-state index in [1.165, 1.54) is 12.3 Å². The molecule has 11 heteroatoms. The number of halogens is 2. The minimum Gasteiger partial charge on any atom is -0.490 e. The molecule has 0 amide bonds. The molecule has 9 nitrogen and oxygen atoms in total. The van der Waals surface area contributed by atoms with E-state index in [1.807, 2.05) is 0 Å². The van der Waals surface area contributed by atoms with Gasteiger partial charge in [0, 0.05) is 26.7 Å². The third-order valence-electron chi connectivity index (χ3n) is 5.18. The van der Waals surface area contributed by atoms with Crippen molar-refractivity contribution < 1.29 is 14.4 Å². The Morgan fingerprint density at radius 1 is 1.19 bits per heavy atom. The van der Waals surface area contributed by atoms with Gasteiger partial charge >= 0.3 is 5.69 Å². The maximum atomic E-state index is 13.0. The molecule has 4 rings (SSSR count). The number of nitro benzene ring substituents is 1. The highest BCUT2D eigenvalue weighted by Gasteiger charge is 2.23. The zero-order chi connectivity index (χ0) is 25.8. The minimum absolute atomic E-state index is 0.0148. The lowest BCUT2D eigenvalue weighted by Crippen LogP contribution is -2.20. The number of fused-ring (bicyclic) bond motifs is 1. The van der Waals surface area contributed by atoms with Crippen molar-refractivity contribution in [2.45, 2.75) is 20.5 Å². The molecule has 3 aromatic carbocycles. The van der Waals surface area contributed by atoms with Gasteiger partial charge in [0.1, 0.15) is 12.4 Å². The number of hydrogen-bond donors (Lipinski definition) is 0. The Labute approximate surface area is 219 Å². The monoisotopic (exact) mass is 570 g/mol. The van der Waals surface area contributed by atoms with Crippen LogP contribution in [-0.2, 0) is 6.61 Å². The van der Waals surface area contributed by atoms with Crippen LogP contribution in [0.2, 0.25) is 5.02 Å². The normalized spacial score (nSPS) is 11.2. The van der Waals surface area contributed by atoms with Crippen LogP contribution >= 0.6 is 27.5 Å². The minimum atomic E-state index is -0.561. The fraction of sp³-hybridized carbons (Fsp3) is 0.160. The summed E-state index contributed by atoms with van der Waals surface area (Å²) in [5.41, 5.74) is 0.887. The first kappa shape index (κ1) is 25.3. The molecule has 184 valence electrons. The van der Waals surface area contributed by atoms with Crippen LogP contribution in [0.3, 0.4) is 0 Å². The summed E-state index contributed by atoms with van der Waals surface area (Å²) < 4.78 is 13.3. The van der Waals surface area contributed by atoms with Crippen LogP contribution in [0.4, 0.5) is 5.69 Å². The Bertz CT molecular complexity index is 1550. The Morgan fingerprint density at radius 3 is 2.69 bits per heavy atom. The van der Waals surface area contributed by atoms with E-state index in [2.05, 4.69) is 26.0 Å². The molecule has 0 atom stereocenters. The van der Waals surface area contributed by atoms with E-state index >= 15 is 0 Å². The molecule has 0 spiro atoms. The number of rotatable bonds is 8. The first-order valence-corrected chi connectivity index (χ1v) is 12.0. The molecule has 0 fully saturated rings. The van der Waals surface area contributed by atoms with Crippen molar-refractivity contribution >= 4 is 50.3 Å². The summed E-state index contributed by atoms with van der Waals surface area (Å²) in [5, 5.41) is 17.0. The molecule has 0 saturated heterocycles. The van der Waals surface area contributed by atoms with E-state index < -0.39 is 4.92 Å². The Kier molecular flexibility index (Phi) is 7.66. The predicted molar refractivity (Wildman–Crippen MR) is 141 cm³/mol. The van der Waals surface area contributed by atoms with Gasteiger partial charge < -0.3 is 9.47 Å². The highest BCUT2D eigenvalue weighted by Crippen LogP contribution is 2.39. The van der Waals surface area contributed by atoms with Gasteiger partial charge in [0.05, 0.1) is 28.6 Å². The summed E-state index contributed by atoms with van der Waals surface area (Å²) >= 11 is 9.55. The van der Waals surface area contributed by atoms with Crippen molar-refractivity contribution in [1.29, 1.82) is 0 Å². The molecule has 36 heavy (non-hydrogen) atoms. The number of nitro groups is 1. The standard InChI is InChI=1S/C25H20BrClN4O5/c1-3-35-23-11-16(10-22(31(33)34)24(23)36-14-17-6-4-5-7-20(17)27)13-28-30-15(2)29-21-9-8-18(26)12-19(21)25(30)32/h4-13H,3,14H2,1-2H3. The quantitative estimate of drug-likeness (QED) is 0.148. The van der Waals surface area contributed by atoms with Crippen molar-refractivity contribution in [3.05, 3.63) is 102 Å². The first-order chi connectivity index (χ1) is 17.3. The third-order valence-corrected chi connectivity index (χ3v) is 6.04. The van der Waals surface area contributed by atoms with Crippen LogP contribution in [0.15, 0.2) is 69.0 Å². The lowest BCUT2D eigenvalue weighted by molar-refractivity contribution is -0.386. The SMILES string of the molecule is CCOc1cc(C=Nn2c(C)nc3ccc(Br)cc3c2=O)cc([N+](=O)[O-])c1OCc1ccccc1Cl. The van der Waals surface area contributed by atoms with Crippen molar-refractivity contribution in [2.24, 2.45) is 5.10 Å². The van der Waals surface area contributed by atoms with E-state index in [0.717, 1.165) is 9.15 Å². The Morgan fingerprint density at radius 2 is 1.97 bits per heavy atom. The zero-order valence-electron chi connectivity index (χ0n) is 19.3. The number of benzene rings is 3. The fourth-order valence-corrected chi connectivity index (χ4v) is 4.06. The van der Waals surface area contributed by atoms with Crippen molar-refractivity contribution in [1.82, 2.24) is 9.66 Å². The zero-order valence-corrected chi connectivity index (χ0v) is 21.6.